The molecule has 0 aliphatic carbocycles. The SMILES string of the molecule is CNc1cc(N)cc(-c2ccoc2)c1CC(O)CO. The van der Waals surface area contributed by atoms with E-state index < -0.39 is 6.10 Å². The van der Waals surface area contributed by atoms with Crippen LogP contribution < -0.4 is 11.1 Å². The molecule has 5 N–H and O–H groups in total. The van der Waals surface area contributed by atoms with Crippen molar-refractivity contribution in [3.63, 3.8) is 0 Å². The molecule has 2 rings (SSSR count). The smallest absolute Gasteiger partial charge is 0.0981 e. The first-order valence-electron chi connectivity index (χ1n) is 6.07. The van der Waals surface area contributed by atoms with E-state index in [0.717, 1.165) is 22.4 Å². The Morgan fingerprint density at radius 1 is 1.42 bits per heavy atom. The molecule has 0 saturated carbocycles. The fraction of sp³-hybridized carbons (Fsp3) is 0.286. The Balaban J connectivity index is 2.53. The minimum atomic E-state index is -0.804. The van der Waals surface area contributed by atoms with Gasteiger partial charge in [0.2, 0.25) is 0 Å². The van der Waals surface area contributed by atoms with Crippen LogP contribution in [0, 0.1) is 0 Å². The normalized spacial score (nSPS) is 12.4. The summed E-state index contributed by atoms with van der Waals surface area (Å²) in [4.78, 5) is 0. The number of aliphatic hydroxyl groups excluding tert-OH is 2. The van der Waals surface area contributed by atoms with Crippen molar-refractivity contribution in [1.29, 1.82) is 0 Å². The van der Waals surface area contributed by atoms with Gasteiger partial charge in [0.1, 0.15) is 0 Å². The van der Waals surface area contributed by atoms with Gasteiger partial charge in [0.05, 0.1) is 25.2 Å². The first-order valence-corrected chi connectivity index (χ1v) is 6.07. The second-order valence-electron chi connectivity index (χ2n) is 4.40. The molecule has 0 aliphatic rings. The molecule has 5 heteroatoms. The van der Waals surface area contributed by atoms with E-state index in [-0.39, 0.29) is 6.61 Å². The van der Waals surface area contributed by atoms with Gasteiger partial charge in [-0.2, -0.15) is 0 Å². The van der Waals surface area contributed by atoms with Crippen molar-refractivity contribution in [2.24, 2.45) is 0 Å². The lowest BCUT2D eigenvalue weighted by atomic mass is 9.95. The number of anilines is 2. The van der Waals surface area contributed by atoms with Crippen molar-refractivity contribution in [2.75, 3.05) is 24.7 Å². The minimum Gasteiger partial charge on any atom is -0.472 e. The number of nitrogens with two attached hydrogens (primary N) is 1. The number of hydrogen-bond acceptors (Lipinski definition) is 5. The average molecular weight is 262 g/mol. The van der Waals surface area contributed by atoms with Crippen molar-refractivity contribution in [3.05, 3.63) is 36.3 Å². The third-order valence-corrected chi connectivity index (χ3v) is 3.02. The molecule has 1 heterocycles. The van der Waals surface area contributed by atoms with Gasteiger partial charge in [0.25, 0.3) is 0 Å². The van der Waals surface area contributed by atoms with Gasteiger partial charge in [0, 0.05) is 30.4 Å². The van der Waals surface area contributed by atoms with Crippen molar-refractivity contribution in [1.82, 2.24) is 0 Å². The highest BCUT2D eigenvalue weighted by atomic mass is 16.3. The Kier molecular flexibility index (Phi) is 4.09. The van der Waals surface area contributed by atoms with Crippen LogP contribution in [0.5, 0.6) is 0 Å². The van der Waals surface area contributed by atoms with Crippen LogP contribution in [-0.4, -0.2) is 30.0 Å². The van der Waals surface area contributed by atoms with Crippen molar-refractivity contribution in [3.8, 4) is 11.1 Å². The third kappa shape index (κ3) is 2.89. The van der Waals surface area contributed by atoms with E-state index in [1.54, 1.807) is 19.6 Å². The van der Waals surface area contributed by atoms with Crippen LogP contribution in [0.15, 0.2) is 35.1 Å². The molecule has 1 aromatic carbocycles. The molecule has 2 aromatic rings. The third-order valence-electron chi connectivity index (χ3n) is 3.02. The Bertz CT molecular complexity index is 538. The first-order chi connectivity index (χ1) is 9.15. The van der Waals surface area contributed by atoms with Crippen LogP contribution in [-0.2, 0) is 6.42 Å². The lowest BCUT2D eigenvalue weighted by Crippen LogP contribution is -2.17. The quantitative estimate of drug-likeness (QED) is 0.612. The van der Waals surface area contributed by atoms with Crippen LogP contribution in [0.25, 0.3) is 11.1 Å². The van der Waals surface area contributed by atoms with Gasteiger partial charge in [-0.15, -0.1) is 0 Å². The predicted molar refractivity (Wildman–Crippen MR) is 74.9 cm³/mol. The fourth-order valence-electron chi connectivity index (χ4n) is 2.11. The molecule has 0 saturated heterocycles. The lowest BCUT2D eigenvalue weighted by Gasteiger charge is -2.17. The molecule has 1 unspecified atom stereocenters. The van der Waals surface area contributed by atoms with E-state index in [9.17, 15) is 5.11 Å². The van der Waals surface area contributed by atoms with E-state index in [0.29, 0.717) is 12.1 Å². The molecule has 102 valence electrons. The summed E-state index contributed by atoms with van der Waals surface area (Å²) >= 11 is 0. The van der Waals surface area contributed by atoms with Crippen LogP contribution >= 0.6 is 0 Å². The second-order valence-corrected chi connectivity index (χ2v) is 4.40. The van der Waals surface area contributed by atoms with E-state index in [4.69, 9.17) is 15.3 Å². The summed E-state index contributed by atoms with van der Waals surface area (Å²) in [6, 6.07) is 5.48. The van der Waals surface area contributed by atoms with Crippen molar-refractivity contribution < 1.29 is 14.6 Å². The number of rotatable bonds is 5. The number of hydrogen-bond donors (Lipinski definition) is 4. The van der Waals surface area contributed by atoms with E-state index in [1.165, 1.54) is 0 Å². The Morgan fingerprint density at radius 2 is 2.21 bits per heavy atom. The molecule has 0 amide bonds. The molecule has 1 atom stereocenters. The van der Waals surface area contributed by atoms with E-state index in [1.807, 2.05) is 18.2 Å². The topological polar surface area (TPSA) is 91.7 Å². The summed E-state index contributed by atoms with van der Waals surface area (Å²) in [6.45, 7) is -0.279. The summed E-state index contributed by atoms with van der Waals surface area (Å²) in [5.41, 5.74) is 10.0. The van der Waals surface area contributed by atoms with Gasteiger partial charge in [-0.1, -0.05) is 0 Å². The number of aliphatic hydroxyl groups is 2. The Morgan fingerprint density at radius 3 is 2.79 bits per heavy atom. The summed E-state index contributed by atoms with van der Waals surface area (Å²) < 4.78 is 5.10. The summed E-state index contributed by atoms with van der Waals surface area (Å²) in [5.74, 6) is 0. The van der Waals surface area contributed by atoms with Gasteiger partial charge in [0.15, 0.2) is 0 Å². The van der Waals surface area contributed by atoms with Gasteiger partial charge in [-0.05, 0) is 29.3 Å². The van der Waals surface area contributed by atoms with Gasteiger partial charge < -0.3 is 25.7 Å². The molecule has 5 nitrogen and oxygen atoms in total. The number of benzene rings is 1. The van der Waals surface area contributed by atoms with E-state index in [2.05, 4.69) is 5.32 Å². The largest absolute Gasteiger partial charge is 0.472 e. The second kappa shape index (κ2) is 5.77. The predicted octanol–water partition coefficient (Wildman–Crippen LogP) is 1.47. The van der Waals surface area contributed by atoms with E-state index >= 15 is 0 Å². The van der Waals surface area contributed by atoms with Gasteiger partial charge >= 0.3 is 0 Å². The maximum absolute atomic E-state index is 9.69. The molecule has 0 radical (unpaired) electrons. The molecular weight excluding hydrogens is 244 g/mol. The zero-order valence-corrected chi connectivity index (χ0v) is 10.8. The molecule has 0 aliphatic heterocycles. The van der Waals surface area contributed by atoms with Crippen LogP contribution in [0.2, 0.25) is 0 Å². The molecule has 0 fully saturated rings. The standard InChI is InChI=1S/C14H18N2O3/c1-16-14-5-10(15)4-12(9-2-3-19-8-9)13(14)6-11(18)7-17/h2-5,8,11,16-18H,6-7,15H2,1H3. The number of furan rings is 1. The maximum atomic E-state index is 9.69. The molecule has 19 heavy (non-hydrogen) atoms. The highest BCUT2D eigenvalue weighted by Gasteiger charge is 2.15. The van der Waals surface area contributed by atoms with Gasteiger partial charge in [-0.3, -0.25) is 0 Å². The lowest BCUT2D eigenvalue weighted by molar-refractivity contribution is 0.0957. The van der Waals surface area contributed by atoms with Crippen LogP contribution in [0.4, 0.5) is 11.4 Å². The average Bonchev–Trinajstić information content (AvgIpc) is 2.93. The highest BCUT2D eigenvalue weighted by Crippen LogP contribution is 2.33. The molecular formula is C14H18N2O3. The molecule has 1 aromatic heterocycles. The Labute approximate surface area is 111 Å². The zero-order valence-electron chi connectivity index (χ0n) is 10.8. The zero-order chi connectivity index (χ0) is 13.8. The van der Waals surface area contributed by atoms with Crippen LogP contribution in [0.3, 0.4) is 0 Å². The summed E-state index contributed by atoms with van der Waals surface area (Å²) in [7, 11) is 1.79. The highest BCUT2D eigenvalue weighted by molar-refractivity contribution is 5.78. The first kappa shape index (κ1) is 13.5. The summed E-state index contributed by atoms with van der Waals surface area (Å²) in [5, 5.41) is 21.8. The fourth-order valence-corrected chi connectivity index (χ4v) is 2.11. The molecule has 0 bridgehead atoms. The van der Waals surface area contributed by atoms with Crippen molar-refractivity contribution in [2.45, 2.75) is 12.5 Å². The van der Waals surface area contributed by atoms with Crippen molar-refractivity contribution >= 4 is 11.4 Å². The van der Waals surface area contributed by atoms with Gasteiger partial charge in [-0.25, -0.2) is 0 Å². The molecule has 0 spiro atoms. The Hall–Kier alpha value is -1.98. The monoisotopic (exact) mass is 262 g/mol. The minimum absolute atomic E-state index is 0.279. The number of nitrogen functional groups attached to an aromatic ring is 1. The van der Waals surface area contributed by atoms with Crippen LogP contribution in [0.1, 0.15) is 5.56 Å². The summed E-state index contributed by atoms with van der Waals surface area (Å²) in [6.07, 6.45) is 2.75. The maximum Gasteiger partial charge on any atom is 0.0981 e. The number of nitrogens with one attached hydrogen (secondary N) is 1.